The topological polar surface area (TPSA) is 21.9 Å². The summed E-state index contributed by atoms with van der Waals surface area (Å²) in [5, 5.41) is 4.87. The zero-order chi connectivity index (χ0) is 21.3. The van der Waals surface area contributed by atoms with Gasteiger partial charge in [0.2, 0.25) is 0 Å². The first kappa shape index (κ1) is 18.2. The van der Waals surface area contributed by atoms with Crippen LogP contribution in [-0.2, 0) is 7.05 Å². The van der Waals surface area contributed by atoms with Crippen molar-refractivity contribution in [3.63, 3.8) is 0 Å². The molecule has 3 aromatic heterocycles. The molecule has 0 N–H and O–H groups in total. The second-order valence-corrected chi connectivity index (χ2v) is 8.80. The van der Waals surface area contributed by atoms with Gasteiger partial charge in [0.25, 0.3) is 5.82 Å². The molecule has 0 radical (unpaired) electrons. The van der Waals surface area contributed by atoms with Crippen molar-refractivity contribution >= 4 is 43.7 Å². The van der Waals surface area contributed by atoms with E-state index in [0.717, 1.165) is 27.8 Å². The predicted molar refractivity (Wildman–Crippen MR) is 128 cm³/mol. The Labute approximate surface area is 181 Å². The quantitative estimate of drug-likeness (QED) is 0.286. The number of hydrogen-bond donors (Lipinski definition) is 0. The number of rotatable bonds is 2. The summed E-state index contributed by atoms with van der Waals surface area (Å²) < 4.78 is 10.9. The van der Waals surface area contributed by atoms with E-state index in [1.54, 1.807) is 0 Å². The lowest BCUT2D eigenvalue weighted by Gasteiger charge is -2.11. The summed E-state index contributed by atoms with van der Waals surface area (Å²) in [6.45, 7) is 6.79. The van der Waals surface area contributed by atoms with Crippen LogP contribution >= 0.6 is 0 Å². The van der Waals surface area contributed by atoms with E-state index in [-0.39, 0.29) is 0 Å². The highest BCUT2D eigenvalue weighted by Gasteiger charge is 2.25. The molecule has 0 amide bonds. The number of para-hydroxylation sites is 2. The van der Waals surface area contributed by atoms with E-state index in [2.05, 4.69) is 97.7 Å². The number of benzene rings is 3. The fourth-order valence-corrected chi connectivity index (χ4v) is 5.13. The van der Waals surface area contributed by atoms with Gasteiger partial charge in [-0.15, -0.1) is 0 Å². The van der Waals surface area contributed by atoms with Crippen molar-refractivity contribution in [2.75, 3.05) is 0 Å². The minimum Gasteiger partial charge on any atom is -0.456 e. The molecule has 0 saturated heterocycles. The molecule has 3 nitrogen and oxygen atoms in total. The van der Waals surface area contributed by atoms with Gasteiger partial charge in [0, 0.05) is 21.7 Å². The van der Waals surface area contributed by atoms with Crippen molar-refractivity contribution in [1.29, 1.82) is 0 Å². The van der Waals surface area contributed by atoms with Gasteiger partial charge in [-0.25, -0.2) is 4.57 Å². The third-order valence-electron chi connectivity index (χ3n) is 6.59. The van der Waals surface area contributed by atoms with Crippen LogP contribution in [0.15, 0.2) is 77.3 Å². The SMILES string of the molecule is Cc1c(C(C)C)ccc2c3ccccc3n(-c3cc4oc5ccccc5c4c[n+]3C)c12. The number of aromatic nitrogens is 2. The van der Waals surface area contributed by atoms with Crippen molar-refractivity contribution in [3.05, 3.63) is 84.1 Å². The van der Waals surface area contributed by atoms with E-state index in [4.69, 9.17) is 4.42 Å². The Bertz CT molecular complexity index is 1630. The first-order chi connectivity index (χ1) is 15.0. The summed E-state index contributed by atoms with van der Waals surface area (Å²) in [6, 6.07) is 23.7. The summed E-state index contributed by atoms with van der Waals surface area (Å²) >= 11 is 0. The second kappa shape index (κ2) is 6.45. The largest absolute Gasteiger partial charge is 0.456 e. The summed E-state index contributed by atoms with van der Waals surface area (Å²) in [5.41, 5.74) is 7.07. The Hall–Kier alpha value is -3.59. The molecule has 0 bridgehead atoms. The number of pyridine rings is 1. The van der Waals surface area contributed by atoms with Crippen molar-refractivity contribution in [2.24, 2.45) is 7.05 Å². The Kier molecular flexibility index (Phi) is 3.79. The van der Waals surface area contributed by atoms with E-state index in [9.17, 15) is 0 Å². The van der Waals surface area contributed by atoms with Crippen molar-refractivity contribution in [3.8, 4) is 5.82 Å². The molecular formula is C28H25N2O+. The lowest BCUT2D eigenvalue weighted by atomic mass is 9.95. The molecule has 3 heterocycles. The van der Waals surface area contributed by atoms with Crippen LogP contribution in [0.1, 0.15) is 30.9 Å². The molecule has 152 valence electrons. The molecule has 0 unspecified atom stereocenters. The van der Waals surface area contributed by atoms with Crippen molar-refractivity contribution in [1.82, 2.24) is 4.57 Å². The zero-order valence-electron chi connectivity index (χ0n) is 18.3. The van der Waals surface area contributed by atoms with Gasteiger partial charge in [-0.3, -0.25) is 0 Å². The number of aryl methyl sites for hydroxylation is 2. The summed E-state index contributed by atoms with van der Waals surface area (Å²) in [4.78, 5) is 0. The maximum Gasteiger partial charge on any atom is 0.290 e. The maximum absolute atomic E-state index is 6.24. The molecule has 6 aromatic rings. The molecule has 0 atom stereocenters. The molecule has 31 heavy (non-hydrogen) atoms. The maximum atomic E-state index is 6.24. The van der Waals surface area contributed by atoms with Gasteiger partial charge < -0.3 is 4.42 Å². The highest BCUT2D eigenvalue weighted by Crippen LogP contribution is 2.37. The van der Waals surface area contributed by atoms with Gasteiger partial charge in [-0.2, -0.15) is 4.57 Å². The van der Waals surface area contributed by atoms with Crippen LogP contribution < -0.4 is 4.57 Å². The fraction of sp³-hybridized carbons (Fsp3) is 0.179. The summed E-state index contributed by atoms with van der Waals surface area (Å²) in [6.07, 6.45) is 2.19. The molecule has 0 spiro atoms. The van der Waals surface area contributed by atoms with Gasteiger partial charge in [0.1, 0.15) is 28.4 Å². The van der Waals surface area contributed by atoms with E-state index >= 15 is 0 Å². The van der Waals surface area contributed by atoms with Crippen LogP contribution in [-0.4, -0.2) is 4.57 Å². The normalized spacial score (nSPS) is 12.2. The zero-order valence-corrected chi connectivity index (χ0v) is 18.3. The molecule has 0 aliphatic carbocycles. The number of fused-ring (bicyclic) bond motifs is 6. The van der Waals surface area contributed by atoms with Gasteiger partial charge in [0.05, 0.1) is 18.5 Å². The molecular weight excluding hydrogens is 380 g/mol. The third kappa shape index (κ3) is 2.50. The molecule has 0 fully saturated rings. The highest BCUT2D eigenvalue weighted by atomic mass is 16.3. The second-order valence-electron chi connectivity index (χ2n) is 8.80. The van der Waals surface area contributed by atoms with E-state index < -0.39 is 0 Å². The molecule has 6 rings (SSSR count). The minimum atomic E-state index is 0.475. The molecule has 0 aliphatic heterocycles. The molecule has 3 heteroatoms. The van der Waals surface area contributed by atoms with Gasteiger partial charge in [-0.1, -0.05) is 50.2 Å². The lowest BCUT2D eigenvalue weighted by molar-refractivity contribution is -0.664. The number of hydrogen-bond acceptors (Lipinski definition) is 1. The van der Waals surface area contributed by atoms with Crippen LogP contribution in [0.4, 0.5) is 0 Å². The van der Waals surface area contributed by atoms with Crippen LogP contribution in [0.2, 0.25) is 0 Å². The number of furan rings is 1. The van der Waals surface area contributed by atoms with E-state index in [0.29, 0.717) is 5.92 Å². The fourth-order valence-electron chi connectivity index (χ4n) is 5.13. The molecule has 0 saturated carbocycles. The Morgan fingerprint density at radius 3 is 2.35 bits per heavy atom. The Morgan fingerprint density at radius 1 is 0.806 bits per heavy atom. The van der Waals surface area contributed by atoms with Crippen LogP contribution in [0.25, 0.3) is 49.6 Å². The Balaban J connectivity index is 1.78. The highest BCUT2D eigenvalue weighted by molar-refractivity contribution is 6.10. The van der Waals surface area contributed by atoms with Gasteiger partial charge in [-0.05, 0) is 42.7 Å². The van der Waals surface area contributed by atoms with E-state index in [1.807, 2.05) is 12.1 Å². The van der Waals surface area contributed by atoms with Crippen molar-refractivity contribution < 1.29 is 8.98 Å². The smallest absolute Gasteiger partial charge is 0.290 e. The van der Waals surface area contributed by atoms with Crippen molar-refractivity contribution in [2.45, 2.75) is 26.7 Å². The monoisotopic (exact) mass is 405 g/mol. The minimum absolute atomic E-state index is 0.475. The standard InChI is InChI=1S/C28H25N2O/c1-17(2)19-13-14-22-20-9-5-7-11-24(20)30(28(22)18(19)3)27-15-26-23(16-29(27)4)21-10-6-8-12-25(21)31-26/h5-17H,1-4H3/q+1. The van der Waals surface area contributed by atoms with E-state index in [1.165, 1.54) is 32.9 Å². The number of nitrogens with zero attached hydrogens (tertiary/aromatic N) is 2. The molecule has 3 aromatic carbocycles. The summed E-state index contributed by atoms with van der Waals surface area (Å²) in [7, 11) is 2.12. The first-order valence-corrected chi connectivity index (χ1v) is 10.9. The van der Waals surface area contributed by atoms with Crippen LogP contribution in [0.5, 0.6) is 0 Å². The average Bonchev–Trinajstić information content (AvgIpc) is 3.29. The predicted octanol–water partition coefficient (Wildman–Crippen LogP) is 6.94. The Morgan fingerprint density at radius 2 is 1.55 bits per heavy atom. The van der Waals surface area contributed by atoms with Gasteiger partial charge >= 0.3 is 0 Å². The first-order valence-electron chi connectivity index (χ1n) is 10.9. The third-order valence-corrected chi connectivity index (χ3v) is 6.59. The van der Waals surface area contributed by atoms with Crippen LogP contribution in [0.3, 0.4) is 0 Å². The summed E-state index contributed by atoms with van der Waals surface area (Å²) in [5.74, 6) is 1.57. The van der Waals surface area contributed by atoms with Crippen LogP contribution in [0, 0.1) is 6.92 Å². The molecule has 0 aliphatic rings. The average molecular weight is 406 g/mol. The van der Waals surface area contributed by atoms with Gasteiger partial charge in [0.15, 0.2) is 0 Å². The lowest BCUT2D eigenvalue weighted by Crippen LogP contribution is -2.33.